The van der Waals surface area contributed by atoms with Crippen LogP contribution in [0.1, 0.15) is 58.1 Å². The van der Waals surface area contributed by atoms with E-state index in [0.29, 0.717) is 19.4 Å². The second-order valence-corrected chi connectivity index (χ2v) is 8.65. The molecule has 1 aromatic carbocycles. The van der Waals surface area contributed by atoms with Crippen molar-refractivity contribution in [1.82, 2.24) is 5.32 Å². The molecule has 1 aliphatic rings. The molecule has 2 N–H and O–H groups in total. The van der Waals surface area contributed by atoms with Crippen LogP contribution >= 0.6 is 0 Å². The molecule has 0 radical (unpaired) electrons. The summed E-state index contributed by atoms with van der Waals surface area (Å²) in [4.78, 5) is 35.9. The normalized spacial score (nSPS) is 20.1. The maximum absolute atomic E-state index is 12.4. The van der Waals surface area contributed by atoms with Gasteiger partial charge < -0.3 is 19.9 Å². The molecule has 0 bridgehead atoms. The second kappa shape index (κ2) is 9.39. The van der Waals surface area contributed by atoms with E-state index >= 15 is 0 Å². The number of amides is 1. The lowest BCUT2D eigenvalue weighted by atomic mass is 9.99. The first-order valence-electron chi connectivity index (χ1n) is 9.96. The molecule has 1 amide bonds. The predicted molar refractivity (Wildman–Crippen MR) is 107 cm³/mol. The van der Waals surface area contributed by atoms with Gasteiger partial charge in [-0.05, 0) is 58.1 Å². The first-order valence-corrected chi connectivity index (χ1v) is 9.96. The van der Waals surface area contributed by atoms with Crippen molar-refractivity contribution in [2.45, 2.75) is 77.0 Å². The largest absolute Gasteiger partial charge is 0.480 e. The SMILES string of the molecule is CC(C)(C)OC(=O)CCc1ccc(C[C@H](NC(=O)[C@]2(C)CCCO2)C(=O)O)cc1. The zero-order valence-corrected chi connectivity index (χ0v) is 17.6. The standard InChI is InChI=1S/C22H31NO6/c1-21(2,3)29-18(24)11-10-15-6-8-16(9-7-15)14-17(19(25)26)23-20(27)22(4)12-5-13-28-22/h6-9,17H,5,10-14H2,1-4H3,(H,23,27)(H,25,26)/t17-,22-/m0/s1. The van der Waals surface area contributed by atoms with Crippen molar-refractivity contribution >= 4 is 17.8 Å². The molecule has 7 heteroatoms. The summed E-state index contributed by atoms with van der Waals surface area (Å²) in [6.07, 6.45) is 2.36. The quantitative estimate of drug-likeness (QED) is 0.645. The number of carboxylic acids is 1. The minimum Gasteiger partial charge on any atom is -0.480 e. The van der Waals surface area contributed by atoms with Gasteiger partial charge in [-0.3, -0.25) is 9.59 Å². The van der Waals surface area contributed by atoms with E-state index in [0.717, 1.165) is 17.5 Å². The molecular weight excluding hydrogens is 374 g/mol. The molecule has 2 rings (SSSR count). The lowest BCUT2D eigenvalue weighted by Crippen LogP contribution is -2.51. The summed E-state index contributed by atoms with van der Waals surface area (Å²) in [5, 5.41) is 12.1. The molecule has 7 nitrogen and oxygen atoms in total. The Hall–Kier alpha value is -2.41. The number of hydrogen-bond donors (Lipinski definition) is 2. The van der Waals surface area contributed by atoms with Crippen LogP contribution in [0.4, 0.5) is 0 Å². The average Bonchev–Trinajstić information content (AvgIpc) is 3.07. The average molecular weight is 405 g/mol. The van der Waals surface area contributed by atoms with Crippen LogP contribution in [0.25, 0.3) is 0 Å². The highest BCUT2D eigenvalue weighted by Crippen LogP contribution is 2.25. The van der Waals surface area contributed by atoms with Gasteiger partial charge in [0.15, 0.2) is 0 Å². The van der Waals surface area contributed by atoms with Crippen LogP contribution < -0.4 is 5.32 Å². The zero-order valence-electron chi connectivity index (χ0n) is 17.6. The van der Waals surface area contributed by atoms with Gasteiger partial charge in [0.05, 0.1) is 0 Å². The number of aryl methyl sites for hydroxylation is 1. The molecule has 1 aromatic rings. The minimum atomic E-state index is -1.09. The van der Waals surface area contributed by atoms with Gasteiger partial charge in [-0.1, -0.05) is 24.3 Å². The van der Waals surface area contributed by atoms with Crippen LogP contribution in [0.15, 0.2) is 24.3 Å². The van der Waals surface area contributed by atoms with Crippen molar-refractivity contribution in [3.63, 3.8) is 0 Å². The third-order valence-electron chi connectivity index (χ3n) is 4.80. The summed E-state index contributed by atoms with van der Waals surface area (Å²) >= 11 is 0. The fraction of sp³-hybridized carbons (Fsp3) is 0.591. The van der Waals surface area contributed by atoms with Gasteiger partial charge in [0.1, 0.15) is 17.2 Å². The summed E-state index contributed by atoms with van der Waals surface area (Å²) in [5.74, 6) is -1.73. The first-order chi connectivity index (χ1) is 13.5. The number of hydrogen-bond acceptors (Lipinski definition) is 5. The molecule has 1 heterocycles. The molecule has 0 aromatic heterocycles. The topological polar surface area (TPSA) is 102 Å². The number of nitrogens with one attached hydrogen (secondary N) is 1. The van der Waals surface area contributed by atoms with E-state index in [1.165, 1.54) is 0 Å². The van der Waals surface area contributed by atoms with Crippen molar-refractivity contribution in [2.24, 2.45) is 0 Å². The molecule has 0 saturated carbocycles. The first kappa shape index (κ1) is 22.9. The Morgan fingerprint density at radius 3 is 2.34 bits per heavy atom. The van der Waals surface area contributed by atoms with Crippen molar-refractivity contribution in [3.05, 3.63) is 35.4 Å². The van der Waals surface area contributed by atoms with E-state index < -0.39 is 29.1 Å². The molecule has 0 unspecified atom stereocenters. The van der Waals surface area contributed by atoms with E-state index in [1.54, 1.807) is 6.92 Å². The van der Waals surface area contributed by atoms with Gasteiger partial charge in [-0.2, -0.15) is 0 Å². The predicted octanol–water partition coefficient (Wildman–Crippen LogP) is 2.64. The van der Waals surface area contributed by atoms with E-state index in [4.69, 9.17) is 9.47 Å². The molecule has 29 heavy (non-hydrogen) atoms. The van der Waals surface area contributed by atoms with Gasteiger partial charge in [-0.25, -0.2) is 4.79 Å². The molecule has 0 aliphatic carbocycles. The number of benzene rings is 1. The maximum atomic E-state index is 12.4. The van der Waals surface area contributed by atoms with E-state index in [1.807, 2.05) is 45.0 Å². The Morgan fingerprint density at radius 1 is 1.21 bits per heavy atom. The van der Waals surface area contributed by atoms with E-state index in [-0.39, 0.29) is 18.8 Å². The van der Waals surface area contributed by atoms with Crippen LogP contribution in [-0.2, 0) is 36.7 Å². The molecule has 160 valence electrons. The van der Waals surface area contributed by atoms with Gasteiger partial charge in [-0.15, -0.1) is 0 Å². The molecule has 1 aliphatic heterocycles. The lowest BCUT2D eigenvalue weighted by molar-refractivity contribution is -0.154. The van der Waals surface area contributed by atoms with Crippen LogP contribution in [0.3, 0.4) is 0 Å². The Bertz CT molecular complexity index is 729. The summed E-state index contributed by atoms with van der Waals surface area (Å²) in [5.41, 5.74) is 0.287. The smallest absolute Gasteiger partial charge is 0.326 e. The molecule has 2 atom stereocenters. The summed E-state index contributed by atoms with van der Waals surface area (Å²) in [6.45, 7) is 7.68. The van der Waals surface area contributed by atoms with Crippen LogP contribution in [-0.4, -0.2) is 46.8 Å². The molecule has 0 spiro atoms. The number of ether oxygens (including phenoxy) is 2. The minimum absolute atomic E-state index is 0.170. The van der Waals surface area contributed by atoms with Crippen LogP contribution in [0, 0.1) is 0 Å². The number of carbonyl (C=O) groups is 3. The lowest BCUT2D eigenvalue weighted by Gasteiger charge is -2.24. The summed E-state index contributed by atoms with van der Waals surface area (Å²) in [7, 11) is 0. The highest BCUT2D eigenvalue weighted by atomic mass is 16.6. The van der Waals surface area contributed by atoms with E-state index in [9.17, 15) is 19.5 Å². The Balaban J connectivity index is 1.91. The third kappa shape index (κ3) is 7.16. The highest BCUT2D eigenvalue weighted by molar-refractivity contribution is 5.89. The maximum Gasteiger partial charge on any atom is 0.326 e. The second-order valence-electron chi connectivity index (χ2n) is 8.65. The van der Waals surface area contributed by atoms with Gasteiger partial charge in [0.25, 0.3) is 5.91 Å². The van der Waals surface area contributed by atoms with Crippen molar-refractivity contribution < 1.29 is 29.0 Å². The zero-order chi connectivity index (χ0) is 21.7. The molecular formula is C22H31NO6. The van der Waals surface area contributed by atoms with Gasteiger partial charge in [0, 0.05) is 19.4 Å². The van der Waals surface area contributed by atoms with Crippen LogP contribution in [0.2, 0.25) is 0 Å². The number of aliphatic carboxylic acids is 1. The van der Waals surface area contributed by atoms with Gasteiger partial charge in [0.2, 0.25) is 0 Å². The third-order valence-corrected chi connectivity index (χ3v) is 4.80. The summed E-state index contributed by atoms with van der Waals surface area (Å²) < 4.78 is 10.8. The number of rotatable bonds is 8. The Kier molecular flexibility index (Phi) is 7.41. The highest BCUT2D eigenvalue weighted by Gasteiger charge is 2.39. The molecule has 1 fully saturated rings. The Labute approximate surface area is 171 Å². The number of esters is 1. The Morgan fingerprint density at radius 2 is 1.83 bits per heavy atom. The van der Waals surface area contributed by atoms with Crippen LogP contribution in [0.5, 0.6) is 0 Å². The number of carbonyl (C=O) groups excluding carboxylic acids is 2. The van der Waals surface area contributed by atoms with Crippen molar-refractivity contribution in [2.75, 3.05) is 6.61 Å². The van der Waals surface area contributed by atoms with Gasteiger partial charge >= 0.3 is 11.9 Å². The number of carboxylic acid groups (broad SMARTS) is 1. The fourth-order valence-electron chi connectivity index (χ4n) is 3.19. The molecule has 1 saturated heterocycles. The summed E-state index contributed by atoms with van der Waals surface area (Å²) in [6, 6.07) is 6.33. The monoisotopic (exact) mass is 405 g/mol. The van der Waals surface area contributed by atoms with Crippen molar-refractivity contribution in [3.8, 4) is 0 Å². The fourth-order valence-corrected chi connectivity index (χ4v) is 3.19. The van der Waals surface area contributed by atoms with E-state index in [2.05, 4.69) is 5.32 Å². The van der Waals surface area contributed by atoms with Crippen molar-refractivity contribution in [1.29, 1.82) is 0 Å².